The van der Waals surface area contributed by atoms with Crippen molar-refractivity contribution in [1.82, 2.24) is 4.57 Å². The van der Waals surface area contributed by atoms with Crippen molar-refractivity contribution in [3.8, 4) is 0 Å². The van der Waals surface area contributed by atoms with Crippen molar-refractivity contribution < 1.29 is 4.79 Å². The second-order valence-electron chi connectivity index (χ2n) is 3.74. The van der Waals surface area contributed by atoms with E-state index in [9.17, 15) is 4.79 Å². The monoisotopic (exact) mass is 149 g/mol. The van der Waals surface area contributed by atoms with Crippen molar-refractivity contribution in [2.45, 2.75) is 20.3 Å². The van der Waals surface area contributed by atoms with Gasteiger partial charge in [-0.2, -0.15) is 0 Å². The van der Waals surface area contributed by atoms with Crippen LogP contribution in [-0.2, 0) is 6.42 Å². The van der Waals surface area contributed by atoms with E-state index in [0.29, 0.717) is 0 Å². The first-order valence-electron chi connectivity index (χ1n) is 3.82. The third-order valence-electron chi connectivity index (χ3n) is 2.25. The molecule has 1 aliphatic heterocycles. The number of rotatable bonds is 0. The Morgan fingerprint density at radius 1 is 1.55 bits per heavy atom. The minimum Gasteiger partial charge on any atom is -0.291 e. The van der Waals surface area contributed by atoms with Gasteiger partial charge in [-0.15, -0.1) is 0 Å². The third-order valence-corrected chi connectivity index (χ3v) is 2.25. The van der Waals surface area contributed by atoms with Gasteiger partial charge in [-0.05, 0) is 12.1 Å². The predicted octanol–water partition coefficient (Wildman–Crippen LogP) is 1.71. The van der Waals surface area contributed by atoms with Gasteiger partial charge >= 0.3 is 0 Å². The third kappa shape index (κ3) is 0.754. The maximum Gasteiger partial charge on any atom is 0.236 e. The Balaban J connectivity index is 2.54. The molecular weight excluding hydrogens is 138 g/mol. The lowest BCUT2D eigenvalue weighted by Gasteiger charge is -2.12. The summed E-state index contributed by atoms with van der Waals surface area (Å²) >= 11 is 0. The van der Waals surface area contributed by atoms with Crippen LogP contribution >= 0.6 is 0 Å². The van der Waals surface area contributed by atoms with Gasteiger partial charge in [0.1, 0.15) is 0 Å². The van der Waals surface area contributed by atoms with Crippen LogP contribution in [0.15, 0.2) is 18.3 Å². The molecular formula is C9H11NO. The maximum absolute atomic E-state index is 11.5. The van der Waals surface area contributed by atoms with Crippen molar-refractivity contribution >= 4 is 5.91 Å². The smallest absolute Gasteiger partial charge is 0.236 e. The topological polar surface area (TPSA) is 22.0 Å². The largest absolute Gasteiger partial charge is 0.291 e. The molecule has 2 nitrogen and oxygen atoms in total. The van der Waals surface area contributed by atoms with Gasteiger partial charge in [0.05, 0.1) is 0 Å². The zero-order chi connectivity index (χ0) is 8.06. The Hall–Kier alpha value is -1.05. The fourth-order valence-corrected chi connectivity index (χ4v) is 1.61. The normalized spacial score (nSPS) is 20.4. The molecule has 0 atom stereocenters. The van der Waals surface area contributed by atoms with Crippen LogP contribution in [0.2, 0.25) is 0 Å². The van der Waals surface area contributed by atoms with Gasteiger partial charge in [-0.25, -0.2) is 0 Å². The molecule has 0 saturated carbocycles. The van der Waals surface area contributed by atoms with Crippen molar-refractivity contribution in [1.29, 1.82) is 0 Å². The summed E-state index contributed by atoms with van der Waals surface area (Å²) in [6.07, 6.45) is 2.71. The first kappa shape index (κ1) is 6.65. The fraction of sp³-hybridized carbons (Fsp3) is 0.444. The Morgan fingerprint density at radius 2 is 2.27 bits per heavy atom. The zero-order valence-corrected chi connectivity index (χ0v) is 6.79. The van der Waals surface area contributed by atoms with Crippen LogP contribution in [0.3, 0.4) is 0 Å². The van der Waals surface area contributed by atoms with Crippen molar-refractivity contribution in [3.63, 3.8) is 0 Å². The molecule has 0 radical (unpaired) electrons. The van der Waals surface area contributed by atoms with Crippen LogP contribution in [0.25, 0.3) is 0 Å². The minimum absolute atomic E-state index is 0.184. The lowest BCUT2D eigenvalue weighted by atomic mass is 9.90. The highest BCUT2D eigenvalue weighted by atomic mass is 16.2. The number of hydrogen-bond acceptors (Lipinski definition) is 1. The van der Waals surface area contributed by atoms with Crippen LogP contribution in [-0.4, -0.2) is 10.5 Å². The summed E-state index contributed by atoms with van der Waals surface area (Å²) < 4.78 is 1.75. The fourth-order valence-electron chi connectivity index (χ4n) is 1.61. The highest BCUT2D eigenvalue weighted by Crippen LogP contribution is 2.31. The Bertz CT molecular complexity index is 309. The van der Waals surface area contributed by atoms with Gasteiger partial charge in [0.25, 0.3) is 0 Å². The van der Waals surface area contributed by atoms with E-state index in [-0.39, 0.29) is 11.3 Å². The molecule has 11 heavy (non-hydrogen) atoms. The molecule has 0 fully saturated rings. The molecule has 0 spiro atoms. The van der Waals surface area contributed by atoms with Gasteiger partial charge < -0.3 is 0 Å². The molecule has 0 aliphatic carbocycles. The number of nitrogens with zero attached hydrogens (tertiary/aromatic N) is 1. The second kappa shape index (κ2) is 1.76. The summed E-state index contributed by atoms with van der Waals surface area (Å²) in [5.41, 5.74) is 0.955. The average molecular weight is 149 g/mol. The predicted molar refractivity (Wildman–Crippen MR) is 42.5 cm³/mol. The molecule has 0 aromatic carbocycles. The van der Waals surface area contributed by atoms with E-state index in [0.717, 1.165) is 12.1 Å². The highest BCUT2D eigenvalue weighted by molar-refractivity contribution is 5.88. The standard InChI is InChI=1S/C9H11NO/c1-9(2)6-7-4-3-5-10(7)8(9)11/h3-5H,6H2,1-2H3. The Labute approximate surface area is 65.8 Å². The molecule has 1 aliphatic rings. The lowest BCUT2D eigenvalue weighted by Crippen LogP contribution is -2.22. The van der Waals surface area contributed by atoms with E-state index < -0.39 is 0 Å². The number of hydrogen-bond donors (Lipinski definition) is 0. The van der Waals surface area contributed by atoms with E-state index in [1.165, 1.54) is 0 Å². The molecule has 0 unspecified atom stereocenters. The summed E-state index contributed by atoms with van der Waals surface area (Å²) in [7, 11) is 0. The van der Waals surface area contributed by atoms with Gasteiger partial charge in [-0.1, -0.05) is 13.8 Å². The lowest BCUT2D eigenvalue weighted by molar-refractivity contribution is 0.0790. The molecule has 2 heteroatoms. The maximum atomic E-state index is 11.5. The summed E-state index contributed by atoms with van der Waals surface area (Å²) in [6, 6.07) is 3.93. The van der Waals surface area contributed by atoms with Crippen molar-refractivity contribution in [2.24, 2.45) is 5.41 Å². The van der Waals surface area contributed by atoms with Gasteiger partial charge in [-0.3, -0.25) is 9.36 Å². The quantitative estimate of drug-likeness (QED) is 0.550. The molecule has 1 aromatic heterocycles. The average Bonchev–Trinajstić information content (AvgIpc) is 2.39. The van der Waals surface area contributed by atoms with E-state index in [1.54, 1.807) is 4.57 Å². The van der Waals surface area contributed by atoms with E-state index in [1.807, 2.05) is 32.2 Å². The van der Waals surface area contributed by atoms with Crippen molar-refractivity contribution in [3.05, 3.63) is 24.0 Å². The summed E-state index contributed by atoms with van der Waals surface area (Å²) in [5, 5.41) is 0. The minimum atomic E-state index is -0.184. The molecule has 0 amide bonds. The number of carbonyl (C=O) groups is 1. The van der Waals surface area contributed by atoms with Crippen LogP contribution in [0.1, 0.15) is 24.3 Å². The number of fused-ring (bicyclic) bond motifs is 1. The summed E-state index contributed by atoms with van der Waals surface area (Å²) in [6.45, 7) is 3.98. The van der Waals surface area contributed by atoms with Gasteiger partial charge in [0.2, 0.25) is 5.91 Å². The SMILES string of the molecule is CC1(C)Cc2cccn2C1=O. The molecule has 0 N–H and O–H groups in total. The molecule has 2 heterocycles. The van der Waals surface area contributed by atoms with E-state index in [2.05, 4.69) is 0 Å². The Morgan fingerprint density at radius 3 is 2.91 bits per heavy atom. The summed E-state index contributed by atoms with van der Waals surface area (Å²) in [4.78, 5) is 11.5. The number of carbonyl (C=O) groups excluding carboxylic acids is 1. The van der Waals surface area contributed by atoms with E-state index >= 15 is 0 Å². The van der Waals surface area contributed by atoms with Crippen LogP contribution in [0, 0.1) is 5.41 Å². The molecule has 2 rings (SSSR count). The zero-order valence-electron chi connectivity index (χ0n) is 6.79. The molecule has 58 valence electrons. The van der Waals surface area contributed by atoms with Crippen LogP contribution < -0.4 is 0 Å². The number of aromatic nitrogens is 1. The first-order valence-corrected chi connectivity index (χ1v) is 3.82. The van der Waals surface area contributed by atoms with Crippen LogP contribution in [0.5, 0.6) is 0 Å². The molecule has 1 aromatic rings. The van der Waals surface area contributed by atoms with Crippen molar-refractivity contribution in [2.75, 3.05) is 0 Å². The first-order chi connectivity index (χ1) is 5.11. The molecule has 0 saturated heterocycles. The van der Waals surface area contributed by atoms with E-state index in [4.69, 9.17) is 0 Å². The Kier molecular flexibility index (Phi) is 1.06. The second-order valence-corrected chi connectivity index (χ2v) is 3.74. The summed E-state index contributed by atoms with van der Waals surface area (Å²) in [5.74, 6) is 0.220. The highest BCUT2D eigenvalue weighted by Gasteiger charge is 2.36. The van der Waals surface area contributed by atoms with Gasteiger partial charge in [0.15, 0.2) is 0 Å². The van der Waals surface area contributed by atoms with Crippen LogP contribution in [0.4, 0.5) is 0 Å². The molecule has 0 bridgehead atoms. The van der Waals surface area contributed by atoms with Gasteiger partial charge in [0, 0.05) is 23.7 Å².